The van der Waals surface area contributed by atoms with Gasteiger partial charge in [0.15, 0.2) is 15.6 Å². The Balaban J connectivity index is 2.27. The molecule has 1 atom stereocenters. The summed E-state index contributed by atoms with van der Waals surface area (Å²) >= 11 is 0. The molecule has 6 nitrogen and oxygen atoms in total. The molecule has 126 valence electrons. The van der Waals surface area contributed by atoms with Gasteiger partial charge in [-0.05, 0) is 45.2 Å². The molecule has 3 N–H and O–H groups in total. The van der Waals surface area contributed by atoms with E-state index in [4.69, 9.17) is 0 Å². The number of hydrogen-bond acceptors (Lipinski definition) is 4. The summed E-state index contributed by atoms with van der Waals surface area (Å²) in [7, 11) is -3.65. The molecule has 0 saturated carbocycles. The molecule has 1 aromatic carbocycles. The number of aryl methyl sites for hydroxylation is 1. The maximum absolute atomic E-state index is 12.4. The second-order valence-corrected chi connectivity index (χ2v) is 8.35. The molecule has 0 fully saturated rings. The van der Waals surface area contributed by atoms with Gasteiger partial charge in [-0.1, -0.05) is 18.2 Å². The molecule has 1 aromatic rings. The van der Waals surface area contributed by atoms with Gasteiger partial charge >= 0.3 is 6.03 Å². The second kappa shape index (κ2) is 6.62. The van der Waals surface area contributed by atoms with Gasteiger partial charge in [0.05, 0.1) is 10.9 Å². The number of nitrogens with one attached hydrogen (secondary N) is 2. The number of phenolic OH excluding ortho intramolecular Hbond substituents is 1. The Labute approximate surface area is 136 Å². The highest BCUT2D eigenvalue weighted by Crippen LogP contribution is 2.35. The molecule has 0 aromatic heterocycles. The molecule has 0 heterocycles. The quantitative estimate of drug-likeness (QED) is 0.581. The highest BCUT2D eigenvalue weighted by molar-refractivity contribution is 7.92. The van der Waals surface area contributed by atoms with Crippen LogP contribution in [0.4, 0.5) is 10.5 Å². The zero-order valence-corrected chi connectivity index (χ0v) is 14.3. The zero-order chi connectivity index (χ0) is 17.2. The van der Waals surface area contributed by atoms with E-state index in [2.05, 4.69) is 10.6 Å². The van der Waals surface area contributed by atoms with Crippen LogP contribution in [-0.4, -0.2) is 30.8 Å². The second-order valence-electron chi connectivity index (χ2n) is 5.91. The SMILES string of the molecule is Cc1ccc(NC(=O)NC2C=CCC2)c(O)c1S(=O)(=O)C(C)C. The fraction of sp³-hybridized carbons (Fsp3) is 0.438. The summed E-state index contributed by atoms with van der Waals surface area (Å²) in [6.45, 7) is 4.71. The van der Waals surface area contributed by atoms with Crippen molar-refractivity contribution in [2.45, 2.75) is 49.8 Å². The van der Waals surface area contributed by atoms with Gasteiger partial charge in [-0.15, -0.1) is 0 Å². The number of hydrogen-bond donors (Lipinski definition) is 3. The minimum absolute atomic E-state index is 0.0403. The summed E-state index contributed by atoms with van der Waals surface area (Å²) in [5, 5.41) is 14.9. The number of urea groups is 1. The van der Waals surface area contributed by atoms with E-state index in [-0.39, 0.29) is 16.6 Å². The van der Waals surface area contributed by atoms with Crippen LogP contribution in [0.1, 0.15) is 32.3 Å². The summed E-state index contributed by atoms with van der Waals surface area (Å²) in [5.74, 6) is -0.421. The van der Waals surface area contributed by atoms with E-state index in [1.807, 2.05) is 12.2 Å². The molecule has 23 heavy (non-hydrogen) atoms. The first-order chi connectivity index (χ1) is 10.7. The molecule has 1 aliphatic carbocycles. The number of carbonyl (C=O) groups is 1. The summed E-state index contributed by atoms with van der Waals surface area (Å²) in [4.78, 5) is 11.9. The lowest BCUT2D eigenvalue weighted by atomic mass is 10.2. The Morgan fingerprint density at radius 2 is 2.04 bits per heavy atom. The van der Waals surface area contributed by atoms with Crippen LogP contribution < -0.4 is 10.6 Å². The van der Waals surface area contributed by atoms with E-state index < -0.39 is 26.9 Å². The number of carbonyl (C=O) groups excluding carboxylic acids is 1. The van der Waals surface area contributed by atoms with Gasteiger partial charge in [0, 0.05) is 6.04 Å². The molecule has 1 unspecified atom stereocenters. The van der Waals surface area contributed by atoms with Crippen molar-refractivity contribution in [2.75, 3.05) is 5.32 Å². The number of allylic oxidation sites excluding steroid dienone is 1. The van der Waals surface area contributed by atoms with Crippen LogP contribution in [0, 0.1) is 6.92 Å². The van der Waals surface area contributed by atoms with Crippen molar-refractivity contribution in [1.82, 2.24) is 5.32 Å². The first-order valence-corrected chi connectivity index (χ1v) is 9.08. The summed E-state index contributed by atoms with van der Waals surface area (Å²) in [6, 6.07) is 2.55. The topological polar surface area (TPSA) is 95.5 Å². The molecule has 0 saturated heterocycles. The third kappa shape index (κ3) is 3.67. The summed E-state index contributed by atoms with van der Waals surface area (Å²) in [5.41, 5.74) is 0.523. The molecular formula is C16H22N2O4S. The molecule has 7 heteroatoms. The van der Waals surface area contributed by atoms with Gasteiger partial charge in [0.1, 0.15) is 4.90 Å². The van der Waals surface area contributed by atoms with E-state index in [0.29, 0.717) is 5.56 Å². The summed E-state index contributed by atoms with van der Waals surface area (Å²) in [6.07, 6.45) is 5.64. The predicted octanol–water partition coefficient (Wildman–Crippen LogP) is 2.72. The fourth-order valence-electron chi connectivity index (χ4n) is 2.45. The number of amides is 2. The third-order valence-electron chi connectivity index (χ3n) is 3.81. The number of benzene rings is 1. The van der Waals surface area contributed by atoms with Crippen molar-refractivity contribution < 1.29 is 18.3 Å². The average molecular weight is 338 g/mol. The van der Waals surface area contributed by atoms with Gasteiger partial charge in [0.25, 0.3) is 0 Å². The largest absolute Gasteiger partial charge is 0.504 e. The maximum atomic E-state index is 12.4. The van der Waals surface area contributed by atoms with Crippen LogP contribution in [0.15, 0.2) is 29.2 Å². The summed E-state index contributed by atoms with van der Waals surface area (Å²) < 4.78 is 24.8. The monoisotopic (exact) mass is 338 g/mol. The smallest absolute Gasteiger partial charge is 0.319 e. The van der Waals surface area contributed by atoms with E-state index in [0.717, 1.165) is 12.8 Å². The number of anilines is 1. The first-order valence-electron chi connectivity index (χ1n) is 7.54. The standard InChI is InChI=1S/C16H22N2O4S/c1-10(2)23(21,22)15-11(3)8-9-13(14(15)19)18-16(20)17-12-6-4-5-7-12/h4,6,8-10,12,19H,5,7H2,1-3H3,(H2,17,18,20). The Bertz CT molecular complexity index is 739. The molecule has 0 bridgehead atoms. The molecule has 2 amide bonds. The van der Waals surface area contributed by atoms with Gasteiger partial charge < -0.3 is 15.7 Å². The molecular weight excluding hydrogens is 316 g/mol. The Morgan fingerprint density at radius 1 is 1.35 bits per heavy atom. The van der Waals surface area contributed by atoms with E-state index in [9.17, 15) is 18.3 Å². The van der Waals surface area contributed by atoms with E-state index in [1.54, 1.807) is 26.8 Å². The lowest BCUT2D eigenvalue weighted by Gasteiger charge is -2.17. The molecule has 0 spiro atoms. The van der Waals surface area contributed by atoms with Crippen molar-refractivity contribution in [3.8, 4) is 5.75 Å². The van der Waals surface area contributed by atoms with Crippen LogP contribution in [0.3, 0.4) is 0 Å². The molecule has 1 aliphatic rings. The third-order valence-corrected chi connectivity index (χ3v) is 6.14. The number of sulfone groups is 1. The fourth-order valence-corrected chi connectivity index (χ4v) is 3.81. The number of phenols is 1. The van der Waals surface area contributed by atoms with Gasteiger partial charge in [0.2, 0.25) is 0 Å². The van der Waals surface area contributed by atoms with Crippen molar-refractivity contribution >= 4 is 21.6 Å². The van der Waals surface area contributed by atoms with Crippen LogP contribution in [0.2, 0.25) is 0 Å². The molecule has 2 rings (SSSR count). The lowest BCUT2D eigenvalue weighted by Crippen LogP contribution is -2.35. The van der Waals surface area contributed by atoms with Crippen LogP contribution in [-0.2, 0) is 9.84 Å². The van der Waals surface area contributed by atoms with E-state index >= 15 is 0 Å². The first kappa shape index (κ1) is 17.3. The normalized spacial score (nSPS) is 17.5. The van der Waals surface area contributed by atoms with Crippen LogP contribution >= 0.6 is 0 Å². The Kier molecular flexibility index (Phi) is 4.99. The van der Waals surface area contributed by atoms with Gasteiger partial charge in [-0.2, -0.15) is 0 Å². The predicted molar refractivity (Wildman–Crippen MR) is 89.5 cm³/mol. The Morgan fingerprint density at radius 3 is 2.61 bits per heavy atom. The van der Waals surface area contributed by atoms with Crippen molar-refractivity contribution in [3.63, 3.8) is 0 Å². The van der Waals surface area contributed by atoms with Crippen molar-refractivity contribution in [1.29, 1.82) is 0 Å². The van der Waals surface area contributed by atoms with Crippen molar-refractivity contribution in [3.05, 3.63) is 29.8 Å². The molecule has 0 radical (unpaired) electrons. The average Bonchev–Trinajstić information content (AvgIpc) is 2.94. The maximum Gasteiger partial charge on any atom is 0.319 e. The van der Waals surface area contributed by atoms with Crippen molar-refractivity contribution in [2.24, 2.45) is 0 Å². The number of aromatic hydroxyl groups is 1. The minimum Gasteiger partial charge on any atom is -0.504 e. The number of rotatable bonds is 4. The van der Waals surface area contributed by atoms with Crippen LogP contribution in [0.5, 0.6) is 5.75 Å². The minimum atomic E-state index is -3.65. The van der Waals surface area contributed by atoms with Gasteiger partial charge in [-0.25, -0.2) is 13.2 Å². The highest BCUT2D eigenvalue weighted by atomic mass is 32.2. The lowest BCUT2D eigenvalue weighted by molar-refractivity contribution is 0.250. The van der Waals surface area contributed by atoms with E-state index in [1.165, 1.54) is 6.07 Å². The molecule has 0 aliphatic heterocycles. The zero-order valence-electron chi connectivity index (χ0n) is 13.5. The highest BCUT2D eigenvalue weighted by Gasteiger charge is 2.27. The van der Waals surface area contributed by atoms with Gasteiger partial charge in [-0.3, -0.25) is 0 Å². The van der Waals surface area contributed by atoms with Crippen LogP contribution in [0.25, 0.3) is 0 Å². The Hall–Kier alpha value is -2.02.